The minimum absolute atomic E-state index is 0.388. The van der Waals surface area contributed by atoms with Crippen LogP contribution in [0.25, 0.3) is 0 Å². The van der Waals surface area contributed by atoms with E-state index in [2.05, 4.69) is 6.58 Å². The highest BCUT2D eigenvalue weighted by atomic mass is 16.4. The second-order valence-corrected chi connectivity index (χ2v) is 4.50. The molecule has 0 aliphatic rings. The van der Waals surface area contributed by atoms with Gasteiger partial charge in [-0.15, -0.1) is 6.58 Å². The second kappa shape index (κ2) is 4.97. The van der Waals surface area contributed by atoms with Crippen LogP contribution in [-0.2, 0) is 10.2 Å². The molecular formula is C14H18O2. The molecule has 0 fully saturated rings. The van der Waals surface area contributed by atoms with E-state index < -0.39 is 11.9 Å². The van der Waals surface area contributed by atoms with Gasteiger partial charge in [0.1, 0.15) is 0 Å². The monoisotopic (exact) mass is 218 g/mol. The highest BCUT2D eigenvalue weighted by molar-refractivity contribution is 5.72. The average molecular weight is 218 g/mol. The van der Waals surface area contributed by atoms with Crippen LogP contribution in [0.15, 0.2) is 43.0 Å². The zero-order valence-corrected chi connectivity index (χ0v) is 9.81. The highest BCUT2D eigenvalue weighted by Crippen LogP contribution is 2.34. The quantitative estimate of drug-likeness (QED) is 0.770. The molecule has 0 amide bonds. The van der Waals surface area contributed by atoms with Gasteiger partial charge < -0.3 is 5.11 Å². The fraction of sp³-hybridized carbons (Fsp3) is 0.357. The van der Waals surface area contributed by atoms with Crippen LogP contribution >= 0.6 is 0 Å². The Morgan fingerprint density at radius 2 is 2.00 bits per heavy atom. The first-order valence-electron chi connectivity index (χ1n) is 5.39. The third-order valence-corrected chi connectivity index (χ3v) is 3.09. The molecule has 1 atom stereocenters. The molecule has 1 aromatic carbocycles. The molecular weight excluding hydrogens is 200 g/mol. The number of aliphatic carboxylic acids is 1. The summed E-state index contributed by atoms with van der Waals surface area (Å²) in [6.07, 6.45) is 2.15. The van der Waals surface area contributed by atoms with E-state index in [9.17, 15) is 9.90 Å². The molecule has 1 aromatic rings. The number of rotatable bonds is 5. The number of hydrogen-bond donors (Lipinski definition) is 1. The van der Waals surface area contributed by atoms with Crippen molar-refractivity contribution in [3.05, 3.63) is 48.6 Å². The van der Waals surface area contributed by atoms with Crippen molar-refractivity contribution in [2.24, 2.45) is 5.92 Å². The molecule has 0 heterocycles. The van der Waals surface area contributed by atoms with Crippen molar-refractivity contribution >= 4 is 5.97 Å². The lowest BCUT2D eigenvalue weighted by Crippen LogP contribution is -2.34. The summed E-state index contributed by atoms with van der Waals surface area (Å²) in [6, 6.07) is 9.74. The van der Waals surface area contributed by atoms with Crippen LogP contribution in [0.5, 0.6) is 0 Å². The summed E-state index contributed by atoms with van der Waals surface area (Å²) in [5, 5.41) is 9.25. The molecule has 0 bridgehead atoms. The Labute approximate surface area is 96.6 Å². The van der Waals surface area contributed by atoms with Gasteiger partial charge in [-0.25, -0.2) is 0 Å². The van der Waals surface area contributed by atoms with Gasteiger partial charge in [-0.3, -0.25) is 4.79 Å². The van der Waals surface area contributed by atoms with Crippen molar-refractivity contribution in [2.45, 2.75) is 25.7 Å². The van der Waals surface area contributed by atoms with E-state index in [1.165, 1.54) is 0 Å². The molecule has 0 radical (unpaired) electrons. The molecule has 16 heavy (non-hydrogen) atoms. The van der Waals surface area contributed by atoms with Crippen LogP contribution in [-0.4, -0.2) is 11.1 Å². The van der Waals surface area contributed by atoms with Crippen molar-refractivity contribution in [1.82, 2.24) is 0 Å². The molecule has 0 saturated heterocycles. The Balaban J connectivity index is 3.07. The van der Waals surface area contributed by atoms with Crippen molar-refractivity contribution in [1.29, 1.82) is 0 Å². The SMILES string of the molecule is C=CCC(C(=O)O)C(C)(C)c1ccccc1. The Morgan fingerprint density at radius 3 is 2.44 bits per heavy atom. The topological polar surface area (TPSA) is 37.3 Å². The number of carbonyl (C=O) groups is 1. The molecule has 0 saturated carbocycles. The van der Waals surface area contributed by atoms with E-state index in [4.69, 9.17) is 0 Å². The van der Waals surface area contributed by atoms with E-state index in [-0.39, 0.29) is 5.41 Å². The Hall–Kier alpha value is -1.57. The van der Waals surface area contributed by atoms with Gasteiger partial charge in [0.05, 0.1) is 5.92 Å². The first-order chi connectivity index (χ1) is 7.50. The normalized spacial score (nSPS) is 13.1. The van der Waals surface area contributed by atoms with E-state index in [1.807, 2.05) is 44.2 Å². The van der Waals surface area contributed by atoms with Gasteiger partial charge in [0.15, 0.2) is 0 Å². The molecule has 2 nitrogen and oxygen atoms in total. The van der Waals surface area contributed by atoms with Crippen LogP contribution in [0.1, 0.15) is 25.8 Å². The molecule has 86 valence electrons. The minimum Gasteiger partial charge on any atom is -0.481 e. The fourth-order valence-electron chi connectivity index (χ4n) is 1.94. The number of benzene rings is 1. The molecule has 2 heteroatoms. The van der Waals surface area contributed by atoms with E-state index in [1.54, 1.807) is 6.08 Å². The number of carboxylic acids is 1. The molecule has 0 aromatic heterocycles. The number of carboxylic acid groups (broad SMARTS) is 1. The summed E-state index contributed by atoms with van der Waals surface area (Å²) in [7, 11) is 0. The molecule has 1 rings (SSSR count). The van der Waals surface area contributed by atoms with Gasteiger partial charge in [-0.05, 0) is 12.0 Å². The molecule has 0 spiro atoms. The van der Waals surface area contributed by atoms with Crippen molar-refractivity contribution in [2.75, 3.05) is 0 Å². The van der Waals surface area contributed by atoms with Crippen LogP contribution < -0.4 is 0 Å². The molecule has 1 N–H and O–H groups in total. The van der Waals surface area contributed by atoms with Gasteiger partial charge in [0.25, 0.3) is 0 Å². The maximum atomic E-state index is 11.3. The summed E-state index contributed by atoms with van der Waals surface area (Å²) in [4.78, 5) is 11.3. The van der Waals surface area contributed by atoms with Gasteiger partial charge in [0.2, 0.25) is 0 Å². The first kappa shape index (κ1) is 12.5. The van der Waals surface area contributed by atoms with Gasteiger partial charge in [0, 0.05) is 5.41 Å². The summed E-state index contributed by atoms with van der Waals surface area (Å²) in [5.74, 6) is -1.21. The predicted octanol–water partition coefficient (Wildman–Crippen LogP) is 3.24. The Morgan fingerprint density at radius 1 is 1.44 bits per heavy atom. The summed E-state index contributed by atoms with van der Waals surface area (Å²) < 4.78 is 0. The van der Waals surface area contributed by atoms with Crippen molar-refractivity contribution in [3.63, 3.8) is 0 Å². The standard InChI is InChI=1S/C14H18O2/c1-4-8-12(13(15)16)14(2,3)11-9-6-5-7-10-11/h4-7,9-10,12H,1,8H2,2-3H3,(H,15,16). The Kier molecular flexibility index (Phi) is 3.88. The number of allylic oxidation sites excluding steroid dienone is 1. The molecule has 1 unspecified atom stereocenters. The lowest BCUT2D eigenvalue weighted by molar-refractivity contribution is -0.143. The lowest BCUT2D eigenvalue weighted by Gasteiger charge is -2.31. The third kappa shape index (κ3) is 2.51. The van der Waals surface area contributed by atoms with Gasteiger partial charge >= 0.3 is 5.97 Å². The van der Waals surface area contributed by atoms with E-state index in [0.29, 0.717) is 6.42 Å². The maximum absolute atomic E-state index is 11.3. The predicted molar refractivity (Wildman–Crippen MR) is 65.4 cm³/mol. The largest absolute Gasteiger partial charge is 0.481 e. The highest BCUT2D eigenvalue weighted by Gasteiger charge is 2.35. The summed E-state index contributed by atoms with van der Waals surface area (Å²) >= 11 is 0. The zero-order chi connectivity index (χ0) is 12.2. The Bertz CT molecular complexity index is 366. The summed E-state index contributed by atoms with van der Waals surface area (Å²) in [5.41, 5.74) is 0.658. The number of hydrogen-bond acceptors (Lipinski definition) is 1. The van der Waals surface area contributed by atoms with Crippen LogP contribution in [0, 0.1) is 5.92 Å². The summed E-state index contributed by atoms with van der Waals surface area (Å²) in [6.45, 7) is 7.55. The average Bonchev–Trinajstić information content (AvgIpc) is 2.26. The van der Waals surface area contributed by atoms with Crippen LogP contribution in [0.3, 0.4) is 0 Å². The smallest absolute Gasteiger partial charge is 0.307 e. The first-order valence-corrected chi connectivity index (χ1v) is 5.39. The van der Waals surface area contributed by atoms with Crippen LogP contribution in [0.2, 0.25) is 0 Å². The maximum Gasteiger partial charge on any atom is 0.307 e. The molecule has 0 aliphatic heterocycles. The third-order valence-electron chi connectivity index (χ3n) is 3.09. The lowest BCUT2D eigenvalue weighted by atomic mass is 9.72. The zero-order valence-electron chi connectivity index (χ0n) is 9.81. The second-order valence-electron chi connectivity index (χ2n) is 4.50. The fourth-order valence-corrected chi connectivity index (χ4v) is 1.94. The van der Waals surface area contributed by atoms with E-state index >= 15 is 0 Å². The minimum atomic E-state index is -0.770. The van der Waals surface area contributed by atoms with E-state index in [0.717, 1.165) is 5.56 Å². The molecule has 0 aliphatic carbocycles. The van der Waals surface area contributed by atoms with Crippen molar-refractivity contribution < 1.29 is 9.90 Å². The van der Waals surface area contributed by atoms with Crippen molar-refractivity contribution in [3.8, 4) is 0 Å². The van der Waals surface area contributed by atoms with Gasteiger partial charge in [-0.2, -0.15) is 0 Å². The van der Waals surface area contributed by atoms with Crippen LogP contribution in [0.4, 0.5) is 0 Å². The van der Waals surface area contributed by atoms with Gasteiger partial charge in [-0.1, -0.05) is 50.3 Å².